The fourth-order valence-electron chi connectivity index (χ4n) is 3.61. The number of hydrogen-bond donors (Lipinski definition) is 1. The largest absolute Gasteiger partial charge is 0.385 e. The van der Waals surface area contributed by atoms with Crippen molar-refractivity contribution in [3.8, 4) is 5.69 Å². The molecule has 0 unspecified atom stereocenters. The first-order valence-corrected chi connectivity index (χ1v) is 12.0. The molecule has 0 spiro atoms. The lowest BCUT2D eigenvalue weighted by Crippen LogP contribution is -2.51. The summed E-state index contributed by atoms with van der Waals surface area (Å²) in [6.07, 6.45) is 3.41. The van der Waals surface area contributed by atoms with Gasteiger partial charge in [-0.2, -0.15) is 0 Å². The van der Waals surface area contributed by atoms with Gasteiger partial charge in [0.15, 0.2) is 5.16 Å². The minimum atomic E-state index is 0.0168. The minimum Gasteiger partial charge on any atom is -0.385 e. The Morgan fingerprint density at radius 3 is 2.72 bits per heavy atom. The van der Waals surface area contributed by atoms with E-state index in [1.54, 1.807) is 13.4 Å². The van der Waals surface area contributed by atoms with Crippen molar-refractivity contribution in [3.63, 3.8) is 0 Å². The highest BCUT2D eigenvalue weighted by Gasteiger charge is 2.23. The number of thioether (sulfide) groups is 1. The quantitative estimate of drug-likeness (QED) is 0.398. The second kappa shape index (κ2) is 12.6. The number of nitrogens with one attached hydrogen (secondary N) is 1. The van der Waals surface area contributed by atoms with Gasteiger partial charge in [0.05, 0.1) is 18.0 Å². The van der Waals surface area contributed by atoms with E-state index < -0.39 is 0 Å². The Bertz CT molecular complexity index is 882. The van der Waals surface area contributed by atoms with Crippen LogP contribution in [0.2, 0.25) is 0 Å². The maximum absolute atomic E-state index is 12.7. The van der Waals surface area contributed by atoms with E-state index >= 15 is 0 Å². The molecule has 1 fully saturated rings. The average Bonchev–Trinajstić information content (AvgIpc) is 3.29. The lowest BCUT2D eigenvalue weighted by atomic mass is 10.1. The summed E-state index contributed by atoms with van der Waals surface area (Å²) in [4.78, 5) is 28.7. The van der Waals surface area contributed by atoms with Crippen LogP contribution in [0.1, 0.15) is 18.9 Å². The number of nitrogens with zero attached hydrogens (tertiary/aromatic N) is 5. The lowest BCUT2D eigenvalue weighted by Gasteiger charge is -2.34. The van der Waals surface area contributed by atoms with E-state index in [4.69, 9.17) is 4.74 Å². The molecule has 1 aromatic carbocycles. The van der Waals surface area contributed by atoms with Crippen molar-refractivity contribution in [2.45, 2.75) is 24.9 Å². The van der Waals surface area contributed by atoms with Crippen molar-refractivity contribution in [1.82, 2.24) is 29.9 Å². The van der Waals surface area contributed by atoms with Crippen molar-refractivity contribution in [2.75, 3.05) is 58.7 Å². The summed E-state index contributed by atoms with van der Waals surface area (Å²) < 4.78 is 6.93. The van der Waals surface area contributed by atoms with Crippen LogP contribution in [0.4, 0.5) is 0 Å². The molecular weight excluding hydrogens is 428 g/mol. The molecule has 2 heterocycles. The van der Waals surface area contributed by atoms with Crippen LogP contribution in [-0.4, -0.2) is 95.1 Å². The van der Waals surface area contributed by atoms with E-state index in [2.05, 4.69) is 33.4 Å². The van der Waals surface area contributed by atoms with E-state index in [-0.39, 0.29) is 11.8 Å². The maximum Gasteiger partial charge on any atom is 0.234 e. The predicted molar refractivity (Wildman–Crippen MR) is 124 cm³/mol. The molecule has 2 amide bonds. The van der Waals surface area contributed by atoms with Crippen LogP contribution in [0.3, 0.4) is 0 Å². The number of carbonyl (C=O) groups is 2. The fourth-order valence-corrected chi connectivity index (χ4v) is 4.43. The molecule has 1 aliphatic heterocycles. The summed E-state index contributed by atoms with van der Waals surface area (Å²) in [7, 11) is 1.65. The molecule has 0 atom stereocenters. The predicted octanol–water partition coefficient (Wildman–Crippen LogP) is 1.22. The molecule has 174 valence electrons. The summed E-state index contributed by atoms with van der Waals surface area (Å²) in [6, 6.07) is 8.15. The van der Waals surface area contributed by atoms with Gasteiger partial charge in [-0.25, -0.2) is 0 Å². The number of ether oxygens (including phenoxy) is 1. The highest BCUT2D eigenvalue weighted by molar-refractivity contribution is 7.99. The van der Waals surface area contributed by atoms with Crippen LogP contribution in [0.15, 0.2) is 35.7 Å². The molecule has 9 nitrogen and oxygen atoms in total. The first kappa shape index (κ1) is 24.2. The number of methoxy groups -OCH3 is 1. The van der Waals surface area contributed by atoms with Gasteiger partial charge in [0, 0.05) is 46.4 Å². The molecule has 1 N–H and O–H groups in total. The number of para-hydroxylation sites is 1. The van der Waals surface area contributed by atoms with Gasteiger partial charge < -0.3 is 15.0 Å². The van der Waals surface area contributed by atoms with E-state index in [1.807, 2.05) is 27.7 Å². The Morgan fingerprint density at radius 1 is 1.19 bits per heavy atom. The Morgan fingerprint density at radius 2 is 1.97 bits per heavy atom. The zero-order valence-electron chi connectivity index (χ0n) is 18.8. The van der Waals surface area contributed by atoms with Gasteiger partial charge in [-0.1, -0.05) is 36.9 Å². The fraction of sp³-hybridized carbons (Fsp3) is 0.545. The Balaban J connectivity index is 1.44. The van der Waals surface area contributed by atoms with Gasteiger partial charge in [-0.05, 0) is 24.5 Å². The summed E-state index contributed by atoms with van der Waals surface area (Å²) in [5.41, 5.74) is 2.25. The zero-order chi connectivity index (χ0) is 22.8. The van der Waals surface area contributed by atoms with Crippen molar-refractivity contribution in [1.29, 1.82) is 0 Å². The number of aromatic nitrogens is 3. The van der Waals surface area contributed by atoms with Crippen LogP contribution in [0, 0.1) is 0 Å². The van der Waals surface area contributed by atoms with E-state index in [1.165, 1.54) is 17.3 Å². The van der Waals surface area contributed by atoms with Gasteiger partial charge in [-0.15, -0.1) is 10.2 Å². The van der Waals surface area contributed by atoms with Crippen molar-refractivity contribution >= 4 is 23.6 Å². The van der Waals surface area contributed by atoms with Gasteiger partial charge in [0.25, 0.3) is 0 Å². The first-order valence-electron chi connectivity index (χ1n) is 11.0. The topological polar surface area (TPSA) is 92.6 Å². The number of aryl methyl sites for hydroxylation is 1. The molecule has 2 aromatic rings. The Labute approximate surface area is 193 Å². The van der Waals surface area contributed by atoms with Gasteiger partial charge in [-0.3, -0.25) is 19.1 Å². The average molecular weight is 461 g/mol. The Hall–Kier alpha value is -2.43. The molecule has 0 radical (unpaired) electrons. The number of benzene rings is 1. The molecule has 10 heteroatoms. The summed E-state index contributed by atoms with van der Waals surface area (Å²) in [5.74, 6) is 0.410. The third-order valence-electron chi connectivity index (χ3n) is 5.41. The molecule has 1 aliphatic rings. The standard InChI is InChI=1S/C22H32N6O3S/c1-3-18-7-4-5-8-19(18)28-17-24-25-22(28)32-16-21(30)27-12-10-26(11-13-27)15-20(29)23-9-6-14-31-2/h4-5,7-8,17H,3,6,9-16H2,1-2H3,(H,23,29). The maximum atomic E-state index is 12.7. The van der Waals surface area contributed by atoms with Crippen LogP contribution in [0.5, 0.6) is 0 Å². The molecule has 0 aliphatic carbocycles. The highest BCUT2D eigenvalue weighted by atomic mass is 32.2. The van der Waals surface area contributed by atoms with E-state index in [9.17, 15) is 9.59 Å². The Kier molecular flexibility index (Phi) is 9.51. The molecule has 32 heavy (non-hydrogen) atoms. The molecule has 0 saturated carbocycles. The third kappa shape index (κ3) is 6.78. The van der Waals surface area contributed by atoms with Crippen LogP contribution in [-0.2, 0) is 20.7 Å². The summed E-state index contributed by atoms with van der Waals surface area (Å²) in [5, 5.41) is 11.9. The zero-order valence-corrected chi connectivity index (χ0v) is 19.6. The van der Waals surface area contributed by atoms with E-state index in [0.29, 0.717) is 56.8 Å². The first-order chi connectivity index (χ1) is 15.6. The van der Waals surface area contributed by atoms with Crippen LogP contribution in [0.25, 0.3) is 5.69 Å². The molecule has 0 bridgehead atoms. The molecular formula is C22H32N6O3S. The normalized spacial score (nSPS) is 14.5. The minimum absolute atomic E-state index is 0.0168. The smallest absolute Gasteiger partial charge is 0.234 e. The second-order valence-electron chi connectivity index (χ2n) is 7.61. The van der Waals surface area contributed by atoms with Crippen LogP contribution >= 0.6 is 11.8 Å². The summed E-state index contributed by atoms with van der Waals surface area (Å²) >= 11 is 1.40. The van der Waals surface area contributed by atoms with Gasteiger partial charge in [0.2, 0.25) is 11.8 Å². The monoisotopic (exact) mass is 460 g/mol. The second-order valence-corrected chi connectivity index (χ2v) is 8.55. The third-order valence-corrected chi connectivity index (χ3v) is 6.34. The van der Waals surface area contributed by atoms with Gasteiger partial charge in [0.1, 0.15) is 6.33 Å². The molecule has 1 saturated heterocycles. The van der Waals surface area contributed by atoms with Crippen molar-refractivity contribution < 1.29 is 14.3 Å². The number of piperazine rings is 1. The molecule has 1 aromatic heterocycles. The summed E-state index contributed by atoms with van der Waals surface area (Å²) in [6.45, 7) is 6.39. The lowest BCUT2D eigenvalue weighted by molar-refractivity contribution is -0.130. The molecule has 3 rings (SSSR count). The van der Waals surface area contributed by atoms with Crippen molar-refractivity contribution in [3.05, 3.63) is 36.2 Å². The van der Waals surface area contributed by atoms with Crippen LogP contribution < -0.4 is 5.32 Å². The number of carbonyl (C=O) groups excluding carboxylic acids is 2. The van der Waals surface area contributed by atoms with Crippen molar-refractivity contribution in [2.24, 2.45) is 0 Å². The SMILES string of the molecule is CCc1ccccc1-n1cnnc1SCC(=O)N1CCN(CC(=O)NCCCOC)CC1. The number of amides is 2. The number of rotatable bonds is 11. The highest BCUT2D eigenvalue weighted by Crippen LogP contribution is 2.23. The van der Waals surface area contributed by atoms with E-state index in [0.717, 1.165) is 18.5 Å². The number of hydrogen-bond acceptors (Lipinski definition) is 7. The van der Waals surface area contributed by atoms with Gasteiger partial charge >= 0.3 is 0 Å².